The Morgan fingerprint density at radius 3 is 2.89 bits per heavy atom. The van der Waals surface area contributed by atoms with Crippen LogP contribution in [0.2, 0.25) is 0 Å². The maximum absolute atomic E-state index is 12.1. The van der Waals surface area contributed by atoms with Gasteiger partial charge < -0.3 is 10.6 Å². The maximum Gasteiger partial charge on any atom is 0.244 e. The molecule has 1 aliphatic rings. The highest BCUT2D eigenvalue weighted by Gasteiger charge is 2.31. The summed E-state index contributed by atoms with van der Waals surface area (Å²) >= 11 is 0. The molecule has 1 amide bonds. The number of rotatable bonds is 3. The van der Waals surface area contributed by atoms with Gasteiger partial charge in [0.15, 0.2) is 9.84 Å². The number of amides is 1. The van der Waals surface area contributed by atoms with Crippen LogP contribution in [0.1, 0.15) is 12.6 Å². The number of sulfone groups is 1. The molecule has 1 aliphatic heterocycles. The molecule has 106 valence electrons. The Bertz CT molecular complexity index is 567. The number of nitrogens with two attached hydrogens (primary N) is 1. The summed E-state index contributed by atoms with van der Waals surface area (Å²) in [5.74, 6) is -0.116. The van der Waals surface area contributed by atoms with E-state index in [1.165, 1.54) is 4.68 Å². The largest absolute Gasteiger partial charge is 0.336 e. The van der Waals surface area contributed by atoms with E-state index in [2.05, 4.69) is 10.3 Å². The predicted molar refractivity (Wildman–Crippen MR) is 67.7 cm³/mol. The lowest BCUT2D eigenvalue weighted by Crippen LogP contribution is -2.50. The average molecular weight is 287 g/mol. The normalized spacial score (nSPS) is 22.4. The molecule has 2 N–H and O–H groups in total. The first-order valence-corrected chi connectivity index (χ1v) is 7.82. The summed E-state index contributed by atoms with van der Waals surface area (Å²) in [6, 6.07) is -0.302. The number of nitrogens with zero attached hydrogens (tertiary/aromatic N) is 4. The first-order chi connectivity index (χ1) is 8.91. The SMILES string of the molecule is CC1CS(=O)(=O)CCN1C(=O)Cn1cc(CN)nn1. The van der Waals surface area contributed by atoms with Crippen LogP contribution in [0.4, 0.5) is 0 Å². The van der Waals surface area contributed by atoms with E-state index >= 15 is 0 Å². The molecule has 0 saturated carbocycles. The van der Waals surface area contributed by atoms with Crippen LogP contribution in [0, 0.1) is 0 Å². The number of aromatic nitrogens is 3. The number of carbonyl (C=O) groups is 1. The lowest BCUT2D eigenvalue weighted by molar-refractivity contribution is -0.133. The van der Waals surface area contributed by atoms with Crippen LogP contribution < -0.4 is 5.73 Å². The lowest BCUT2D eigenvalue weighted by Gasteiger charge is -2.33. The first kappa shape index (κ1) is 13.9. The Morgan fingerprint density at radius 1 is 1.58 bits per heavy atom. The van der Waals surface area contributed by atoms with Crippen molar-refractivity contribution < 1.29 is 13.2 Å². The third-order valence-corrected chi connectivity index (χ3v) is 4.88. The van der Waals surface area contributed by atoms with Crippen molar-refractivity contribution >= 4 is 15.7 Å². The van der Waals surface area contributed by atoms with Gasteiger partial charge in [-0.15, -0.1) is 5.10 Å². The molecule has 2 heterocycles. The second-order valence-electron chi connectivity index (χ2n) is 4.66. The summed E-state index contributed by atoms with van der Waals surface area (Å²) in [6.07, 6.45) is 1.61. The third kappa shape index (κ3) is 3.29. The number of hydrogen-bond acceptors (Lipinski definition) is 6. The van der Waals surface area contributed by atoms with Crippen LogP contribution in [0.15, 0.2) is 6.20 Å². The Balaban J connectivity index is 2.00. The fourth-order valence-corrected chi connectivity index (χ4v) is 3.66. The van der Waals surface area contributed by atoms with Crippen LogP contribution in [-0.2, 0) is 27.7 Å². The fourth-order valence-electron chi connectivity index (χ4n) is 2.11. The van der Waals surface area contributed by atoms with E-state index in [1.807, 2.05) is 0 Å². The molecule has 0 bridgehead atoms. The molecule has 9 heteroatoms. The van der Waals surface area contributed by atoms with Gasteiger partial charge in [0, 0.05) is 19.1 Å². The van der Waals surface area contributed by atoms with E-state index in [0.29, 0.717) is 5.69 Å². The van der Waals surface area contributed by atoms with Crippen molar-refractivity contribution in [1.82, 2.24) is 19.9 Å². The Hall–Kier alpha value is -1.48. The zero-order valence-electron chi connectivity index (χ0n) is 10.7. The first-order valence-electron chi connectivity index (χ1n) is 6.00. The van der Waals surface area contributed by atoms with E-state index < -0.39 is 9.84 Å². The monoisotopic (exact) mass is 287 g/mol. The van der Waals surface area contributed by atoms with Crippen LogP contribution in [0.3, 0.4) is 0 Å². The molecule has 19 heavy (non-hydrogen) atoms. The molecule has 8 nitrogen and oxygen atoms in total. The molecule has 1 saturated heterocycles. The van der Waals surface area contributed by atoms with Crippen LogP contribution in [0.5, 0.6) is 0 Å². The molecule has 1 atom stereocenters. The summed E-state index contributed by atoms with van der Waals surface area (Å²) in [5.41, 5.74) is 6.02. The summed E-state index contributed by atoms with van der Waals surface area (Å²) in [4.78, 5) is 13.7. The summed E-state index contributed by atoms with van der Waals surface area (Å²) < 4.78 is 24.3. The predicted octanol–water partition coefficient (Wildman–Crippen LogP) is -1.62. The van der Waals surface area contributed by atoms with Gasteiger partial charge in [-0.25, -0.2) is 13.1 Å². The van der Waals surface area contributed by atoms with Gasteiger partial charge in [-0.3, -0.25) is 4.79 Å². The van der Waals surface area contributed by atoms with Crippen LogP contribution in [0.25, 0.3) is 0 Å². The second kappa shape index (κ2) is 5.25. The smallest absolute Gasteiger partial charge is 0.244 e. The molecule has 1 aromatic rings. The second-order valence-corrected chi connectivity index (χ2v) is 6.89. The lowest BCUT2D eigenvalue weighted by atomic mass is 10.3. The third-order valence-electron chi connectivity index (χ3n) is 3.08. The van der Waals surface area contributed by atoms with Gasteiger partial charge >= 0.3 is 0 Å². The summed E-state index contributed by atoms with van der Waals surface area (Å²) in [7, 11) is -3.02. The van der Waals surface area contributed by atoms with Gasteiger partial charge in [-0.05, 0) is 6.92 Å². The van der Waals surface area contributed by atoms with Crippen molar-refractivity contribution in [3.63, 3.8) is 0 Å². The molecule has 0 aliphatic carbocycles. The number of hydrogen-bond donors (Lipinski definition) is 1. The van der Waals surface area contributed by atoms with Crippen molar-refractivity contribution in [2.75, 3.05) is 18.1 Å². The fraction of sp³-hybridized carbons (Fsp3) is 0.700. The average Bonchev–Trinajstić information content (AvgIpc) is 2.75. The van der Waals surface area contributed by atoms with Gasteiger partial charge in [0.25, 0.3) is 0 Å². The zero-order valence-corrected chi connectivity index (χ0v) is 11.5. The molecule has 0 radical (unpaired) electrons. The standard InChI is InChI=1S/C10H17N5O3S/c1-8-7-19(17,18)3-2-15(8)10(16)6-14-5-9(4-11)12-13-14/h5,8H,2-4,6-7,11H2,1H3. The van der Waals surface area contributed by atoms with E-state index in [9.17, 15) is 13.2 Å². The maximum atomic E-state index is 12.1. The minimum Gasteiger partial charge on any atom is -0.336 e. The minimum atomic E-state index is -3.02. The Labute approximate surface area is 111 Å². The van der Waals surface area contributed by atoms with Crippen molar-refractivity contribution in [1.29, 1.82) is 0 Å². The van der Waals surface area contributed by atoms with E-state index in [-0.39, 0.29) is 43.1 Å². The molecule has 0 aromatic carbocycles. The highest BCUT2D eigenvalue weighted by Crippen LogP contribution is 2.12. The summed E-state index contributed by atoms with van der Waals surface area (Å²) in [6.45, 7) is 2.30. The topological polar surface area (TPSA) is 111 Å². The molecule has 0 spiro atoms. The highest BCUT2D eigenvalue weighted by atomic mass is 32.2. The summed E-state index contributed by atoms with van der Waals surface area (Å²) in [5, 5.41) is 7.59. The molecular formula is C10H17N5O3S. The Morgan fingerprint density at radius 2 is 2.32 bits per heavy atom. The van der Waals surface area contributed by atoms with Gasteiger partial charge in [-0.1, -0.05) is 5.21 Å². The zero-order chi connectivity index (χ0) is 14.0. The van der Waals surface area contributed by atoms with E-state index in [4.69, 9.17) is 5.73 Å². The van der Waals surface area contributed by atoms with Crippen molar-refractivity contribution in [3.8, 4) is 0 Å². The Kier molecular flexibility index (Phi) is 3.85. The van der Waals surface area contributed by atoms with Gasteiger partial charge in [-0.2, -0.15) is 0 Å². The molecule has 2 rings (SSSR count). The van der Waals surface area contributed by atoms with Crippen molar-refractivity contribution in [2.45, 2.75) is 26.1 Å². The highest BCUT2D eigenvalue weighted by molar-refractivity contribution is 7.91. The molecule has 1 unspecified atom stereocenters. The molecule has 1 aromatic heterocycles. The van der Waals surface area contributed by atoms with Gasteiger partial charge in [0.2, 0.25) is 5.91 Å². The van der Waals surface area contributed by atoms with Crippen molar-refractivity contribution in [3.05, 3.63) is 11.9 Å². The van der Waals surface area contributed by atoms with Gasteiger partial charge in [0.1, 0.15) is 6.54 Å². The molecular weight excluding hydrogens is 270 g/mol. The van der Waals surface area contributed by atoms with Crippen molar-refractivity contribution in [2.24, 2.45) is 5.73 Å². The minimum absolute atomic E-state index is 0.0180. The molecule has 1 fully saturated rings. The van der Waals surface area contributed by atoms with Crippen LogP contribution >= 0.6 is 0 Å². The van der Waals surface area contributed by atoms with E-state index in [1.54, 1.807) is 18.0 Å². The number of carbonyl (C=O) groups excluding carboxylic acids is 1. The quantitative estimate of drug-likeness (QED) is 0.715. The van der Waals surface area contributed by atoms with Gasteiger partial charge in [0.05, 0.1) is 23.4 Å². The van der Waals surface area contributed by atoms with E-state index in [0.717, 1.165) is 0 Å². The van der Waals surface area contributed by atoms with Crippen LogP contribution in [-0.4, -0.2) is 58.3 Å².